The molecule has 0 aromatic carbocycles. The first-order valence-corrected chi connectivity index (χ1v) is 31.9. The van der Waals surface area contributed by atoms with Gasteiger partial charge in [0, 0.05) is 87.6 Å². The Balaban J connectivity index is 0.000000129. The number of nitrogens with one attached hydrogen (secondary N) is 3. The summed E-state index contributed by atoms with van der Waals surface area (Å²) < 4.78 is 113. The number of hydrogen-bond donors (Lipinski definition) is 7. The van der Waals surface area contributed by atoms with Crippen LogP contribution in [0.5, 0.6) is 6.01 Å². The fraction of sp³-hybridized carbons (Fsp3) is 0.742. The minimum Gasteiger partial charge on any atom is -0.461 e. The molecule has 30 nitrogen and oxygen atoms in total. The van der Waals surface area contributed by atoms with Gasteiger partial charge in [-0.25, -0.2) is 27.6 Å². The Labute approximate surface area is 540 Å². The van der Waals surface area contributed by atoms with Crippen LogP contribution in [0, 0.1) is 0 Å². The van der Waals surface area contributed by atoms with E-state index in [2.05, 4.69) is 28.8 Å². The quantitative estimate of drug-likeness (QED) is 0.120. The number of aliphatic hydroxyl groups excluding tert-OH is 3. The van der Waals surface area contributed by atoms with Crippen molar-refractivity contribution in [2.75, 3.05) is 39.8 Å². The summed E-state index contributed by atoms with van der Waals surface area (Å²) in [6.07, 6.45) is 10.4. The fourth-order valence-electron chi connectivity index (χ4n) is 16.2. The van der Waals surface area contributed by atoms with E-state index < -0.39 is 178 Å². The van der Waals surface area contributed by atoms with Crippen LogP contribution in [0.1, 0.15) is 164 Å². The van der Waals surface area contributed by atoms with Crippen molar-refractivity contribution < 1.29 is 85.7 Å². The molecular formula is C62H85F3N8O22. The number of aromatic amines is 3. The zero-order valence-electron chi connectivity index (χ0n) is 52.9. The number of aliphatic hydroxyl groups is 4. The summed E-state index contributed by atoms with van der Waals surface area (Å²) in [4.78, 5) is 91.9. The van der Waals surface area contributed by atoms with Gasteiger partial charge in [0.15, 0.2) is 59.1 Å². The molecule has 15 rings (SSSR count). The van der Waals surface area contributed by atoms with Crippen LogP contribution in [-0.2, 0) is 47.4 Å². The Morgan fingerprint density at radius 2 is 0.874 bits per heavy atom. The Morgan fingerprint density at radius 3 is 1.26 bits per heavy atom. The summed E-state index contributed by atoms with van der Waals surface area (Å²) in [6, 6.07) is 4.98. The predicted molar refractivity (Wildman–Crippen MR) is 322 cm³/mol. The van der Waals surface area contributed by atoms with E-state index in [0.717, 1.165) is 105 Å². The molecule has 8 aliphatic heterocycles. The number of halogens is 3. The molecule has 0 radical (unpaired) electrons. The van der Waals surface area contributed by atoms with Crippen molar-refractivity contribution in [3.05, 3.63) is 122 Å². The summed E-state index contributed by atoms with van der Waals surface area (Å²) in [5, 5.41) is 39.3. The maximum atomic E-state index is 14.1. The van der Waals surface area contributed by atoms with Gasteiger partial charge in [-0.1, -0.05) is 21.3 Å². The van der Waals surface area contributed by atoms with E-state index in [1.165, 1.54) is 35.2 Å². The second-order valence-electron chi connectivity index (χ2n) is 27.2. The molecular weight excluding hydrogens is 1270 g/mol. The molecule has 0 unspecified atom stereocenters. The molecule has 3 spiro atoms. The number of nitrogens with zero attached hydrogens (tertiary/aromatic N) is 5. The van der Waals surface area contributed by atoms with Gasteiger partial charge in [0.2, 0.25) is 0 Å². The first-order chi connectivity index (χ1) is 44.5. The molecule has 2 bridgehead atoms. The molecule has 11 aliphatic rings. The average Bonchev–Trinajstić information content (AvgIpc) is 1.55. The zero-order chi connectivity index (χ0) is 67.5. The molecule has 4 aromatic rings. The topological polar surface area (TPSA) is 382 Å². The summed E-state index contributed by atoms with van der Waals surface area (Å²) >= 11 is 0. The van der Waals surface area contributed by atoms with Gasteiger partial charge >= 0.3 is 23.1 Å². The third-order valence-corrected chi connectivity index (χ3v) is 20.9. The second kappa shape index (κ2) is 25.0. The van der Waals surface area contributed by atoms with Crippen molar-refractivity contribution in [2.24, 2.45) is 0 Å². The van der Waals surface area contributed by atoms with Gasteiger partial charge in [0.1, 0.15) is 73.5 Å². The van der Waals surface area contributed by atoms with Crippen LogP contribution >= 0.6 is 0 Å². The van der Waals surface area contributed by atoms with Gasteiger partial charge in [0.05, 0.1) is 18.8 Å². The van der Waals surface area contributed by atoms with Gasteiger partial charge < -0.3 is 72.5 Å². The van der Waals surface area contributed by atoms with Crippen molar-refractivity contribution in [3.63, 3.8) is 0 Å². The summed E-state index contributed by atoms with van der Waals surface area (Å²) in [5.74, 6) is -2.08. The van der Waals surface area contributed by atoms with Gasteiger partial charge in [-0.2, -0.15) is 4.98 Å². The Hall–Kier alpha value is -6.05. The van der Waals surface area contributed by atoms with Gasteiger partial charge in [-0.15, -0.1) is 0 Å². The van der Waals surface area contributed by atoms with Crippen LogP contribution in [0.3, 0.4) is 0 Å². The number of aromatic nitrogens is 8. The number of rotatable bonds is 10. The minimum absolute atomic E-state index is 0. The highest BCUT2D eigenvalue weighted by Crippen LogP contribution is 2.62. The molecule has 10 fully saturated rings. The van der Waals surface area contributed by atoms with Crippen LogP contribution in [0.2, 0.25) is 0 Å². The maximum Gasteiger partial charge on any atom is 0.330 e. The molecule has 33 heteroatoms. The molecule has 4 aromatic heterocycles. The lowest BCUT2D eigenvalue weighted by atomic mass is 9.84. The third-order valence-electron chi connectivity index (χ3n) is 20.9. The maximum absolute atomic E-state index is 14.1. The molecule has 15 atom stereocenters. The monoisotopic (exact) mass is 1350 g/mol. The van der Waals surface area contributed by atoms with Gasteiger partial charge in [0.25, 0.3) is 22.2 Å². The van der Waals surface area contributed by atoms with E-state index in [1.807, 2.05) is 18.8 Å². The van der Waals surface area contributed by atoms with Crippen LogP contribution in [-0.4, -0.2) is 185 Å². The lowest BCUT2D eigenvalue weighted by Gasteiger charge is -2.34. The van der Waals surface area contributed by atoms with Crippen LogP contribution < -0.4 is 44.0 Å². The predicted octanol–water partition coefficient (Wildman–Crippen LogP) is 2.11. The Bertz CT molecular complexity index is 3770. The smallest absolute Gasteiger partial charge is 0.330 e. The number of ether oxygens (including phenoxy) is 11. The minimum atomic E-state index is -2.03. The van der Waals surface area contributed by atoms with E-state index in [1.54, 1.807) is 17.7 Å². The number of H-pyrrole nitrogens is 3. The van der Waals surface area contributed by atoms with Crippen LogP contribution in [0.4, 0.5) is 13.2 Å². The van der Waals surface area contributed by atoms with E-state index in [-0.39, 0.29) is 26.1 Å². The highest BCUT2D eigenvalue weighted by atomic mass is 19.1. The highest BCUT2D eigenvalue weighted by molar-refractivity contribution is 5.21. The van der Waals surface area contributed by atoms with Crippen LogP contribution in [0.25, 0.3) is 0 Å². The average molecular weight is 1350 g/mol. The summed E-state index contributed by atoms with van der Waals surface area (Å²) in [6.45, 7) is 6.28. The van der Waals surface area contributed by atoms with Crippen molar-refractivity contribution in [1.82, 2.24) is 38.2 Å². The van der Waals surface area contributed by atoms with E-state index in [4.69, 9.17) is 52.1 Å². The van der Waals surface area contributed by atoms with Crippen molar-refractivity contribution in [2.45, 2.75) is 250 Å². The highest BCUT2D eigenvalue weighted by Gasteiger charge is 2.75. The number of hydrogen-bond acceptors (Lipinski definition) is 23. The zero-order valence-corrected chi connectivity index (χ0v) is 52.9. The van der Waals surface area contributed by atoms with Gasteiger partial charge in [-0.3, -0.25) is 52.4 Å². The van der Waals surface area contributed by atoms with Crippen LogP contribution in [0.15, 0.2) is 82.6 Å². The van der Waals surface area contributed by atoms with E-state index in [9.17, 15) is 67.2 Å². The normalized spacial score (nSPS) is 38.0. The SMILES string of the molecule is C.CCC1(CC)O[C@@H](n2ccc(=O)[nH]c2=O)[C@]2(C)OC3(CCCC3)O[C@H]12.C[C@@]1(O)[C@H](O)[C@](CO)(CF)O[C@H]1n1ccc(=O)[nH]c1=O.C[C@@]12OC3(CCCC3)O[C@@H]1[C@@]1(CF)COc3nc(=O)ccn3[C@@H]2O1.C[C@@]12OC3(CCCC3)O[C@@H]1[C@](CO)(CF)O[C@H]2n1ccc(=O)[nH]c1=O. The van der Waals surface area contributed by atoms with Crippen molar-refractivity contribution >= 4 is 0 Å². The molecule has 95 heavy (non-hydrogen) atoms. The molecule has 526 valence electrons. The van der Waals surface area contributed by atoms with E-state index >= 15 is 0 Å². The fourth-order valence-corrected chi connectivity index (χ4v) is 16.2. The van der Waals surface area contributed by atoms with Crippen molar-refractivity contribution in [1.29, 1.82) is 0 Å². The first-order valence-electron chi connectivity index (χ1n) is 31.9. The molecule has 3 saturated carbocycles. The molecule has 0 amide bonds. The third kappa shape index (κ3) is 11.2. The number of alkyl halides is 3. The Morgan fingerprint density at radius 1 is 0.505 bits per heavy atom. The lowest BCUT2D eigenvalue weighted by molar-refractivity contribution is -0.253. The standard InChI is InChI=1S/C18H26N2O5.C16H21FN2O6.C16H19FN2O5.C11H15FN2O6.CH4/c1-4-17(5-2)13-16(3,25-18(23-13)9-6-7-10-18)14(24-17)20-11-8-12(21)19-15(20)22;1-14-11(23-16(25-14)5-2-3-6-16)15(8-17,9-20)24-12(14)19-7-4-10(21)18-13(19)22;1-14-11(22-16(24-14)5-2-3-6-16)15(8-17)9-21-13-18-10(20)4-7-19(13)12(14)23-15;1-10(19)7(17)11(4-12,5-15)20-8(10)14-3-2-6(16)13-9(14)18;/h8,11,13-14H,4-7,9-10H2,1-3H3,(H,19,21,22);4,7,11-12,20H,2-3,5-6,8-9H2,1H3,(H,18,21,22);4,7,11-12H,2-3,5-6,8-9H2,1H3;2-3,7-8,15,17,19H,4-5H2,1H3,(H,13,16,18);1H4/t13-,14+,16+;2*11-,12+,14+,15+;7-,8+,10+,11+;/m0000./s1. The summed E-state index contributed by atoms with van der Waals surface area (Å²) in [7, 11) is 0. The molecule has 7 saturated heterocycles. The largest absolute Gasteiger partial charge is 0.461 e. The Kier molecular flexibility index (Phi) is 18.5. The van der Waals surface area contributed by atoms with Gasteiger partial charge in [-0.05, 0) is 79.1 Å². The second-order valence-corrected chi connectivity index (χ2v) is 27.2. The molecule has 7 N–H and O–H groups in total. The molecule has 12 heterocycles. The number of fused-ring (bicyclic) bond motifs is 9. The van der Waals surface area contributed by atoms with E-state index in [0.29, 0.717) is 12.8 Å². The molecule has 3 aliphatic carbocycles. The lowest BCUT2D eigenvalue weighted by Crippen LogP contribution is -2.53. The summed E-state index contributed by atoms with van der Waals surface area (Å²) in [5.41, 5.74) is -14.4. The first kappa shape index (κ1) is 70.3. The van der Waals surface area contributed by atoms with Crippen molar-refractivity contribution in [3.8, 4) is 6.01 Å².